The summed E-state index contributed by atoms with van der Waals surface area (Å²) >= 11 is 1.49. The second-order valence-electron chi connectivity index (χ2n) is 5.05. The molecule has 5 nitrogen and oxygen atoms in total. The van der Waals surface area contributed by atoms with Gasteiger partial charge in [0.05, 0.1) is 5.88 Å². The van der Waals surface area contributed by atoms with Crippen LogP contribution in [0.25, 0.3) is 0 Å². The van der Waals surface area contributed by atoms with Gasteiger partial charge in [0.15, 0.2) is 0 Å². The van der Waals surface area contributed by atoms with Crippen molar-refractivity contribution >= 4 is 23.8 Å². The predicted octanol–water partition coefficient (Wildman–Crippen LogP) is 1.62. The molecule has 1 saturated heterocycles. The average molecular weight is 292 g/mol. The van der Waals surface area contributed by atoms with Crippen LogP contribution in [0.3, 0.4) is 0 Å². The number of urea groups is 1. The number of nitrogens with zero attached hydrogens (tertiary/aromatic N) is 2. The molecule has 1 aromatic carbocycles. The number of amides is 2. The normalized spacial score (nSPS) is 21.7. The fourth-order valence-corrected chi connectivity index (χ4v) is 3.81. The number of rotatable bonds is 1. The highest BCUT2D eigenvalue weighted by Gasteiger charge is 2.37. The molecule has 3 rings (SSSR count). The SMILES string of the molecule is O=C(O)C1CSCN1C(=O)N1CCc2ccccc2C1. The molecule has 20 heavy (non-hydrogen) atoms. The summed E-state index contributed by atoms with van der Waals surface area (Å²) in [6.07, 6.45) is 0.834. The van der Waals surface area contributed by atoms with Crippen molar-refractivity contribution in [3.8, 4) is 0 Å². The van der Waals surface area contributed by atoms with Crippen LogP contribution < -0.4 is 0 Å². The van der Waals surface area contributed by atoms with E-state index in [1.54, 1.807) is 4.90 Å². The summed E-state index contributed by atoms with van der Waals surface area (Å²) in [4.78, 5) is 26.9. The van der Waals surface area contributed by atoms with E-state index in [0.29, 0.717) is 24.7 Å². The molecule has 106 valence electrons. The molecule has 0 aliphatic carbocycles. The molecule has 1 atom stereocenters. The first kappa shape index (κ1) is 13.3. The molecule has 0 radical (unpaired) electrons. The van der Waals surface area contributed by atoms with Crippen LogP contribution in [0.1, 0.15) is 11.1 Å². The zero-order chi connectivity index (χ0) is 14.1. The Bertz CT molecular complexity index is 549. The van der Waals surface area contributed by atoms with Crippen LogP contribution >= 0.6 is 11.8 Å². The Morgan fingerprint density at radius 3 is 2.75 bits per heavy atom. The minimum atomic E-state index is -0.916. The average Bonchev–Trinajstić information content (AvgIpc) is 2.95. The van der Waals surface area contributed by atoms with Gasteiger partial charge in [-0.1, -0.05) is 24.3 Å². The van der Waals surface area contributed by atoms with Crippen molar-refractivity contribution < 1.29 is 14.7 Å². The Kier molecular flexibility index (Phi) is 3.56. The first-order chi connectivity index (χ1) is 9.66. The van der Waals surface area contributed by atoms with Crippen LogP contribution in [0.4, 0.5) is 4.79 Å². The minimum Gasteiger partial charge on any atom is -0.480 e. The van der Waals surface area contributed by atoms with Gasteiger partial charge < -0.3 is 14.9 Å². The van der Waals surface area contributed by atoms with E-state index in [1.165, 1.54) is 22.2 Å². The number of benzene rings is 1. The number of carbonyl (C=O) groups is 2. The molecule has 2 aliphatic rings. The van der Waals surface area contributed by atoms with Gasteiger partial charge in [0.1, 0.15) is 6.04 Å². The first-order valence-electron chi connectivity index (χ1n) is 6.59. The highest BCUT2D eigenvalue weighted by Crippen LogP contribution is 2.25. The van der Waals surface area contributed by atoms with Crippen LogP contribution in [0.5, 0.6) is 0 Å². The van der Waals surface area contributed by atoms with Gasteiger partial charge in [-0.05, 0) is 17.5 Å². The van der Waals surface area contributed by atoms with Gasteiger partial charge in [-0.25, -0.2) is 9.59 Å². The van der Waals surface area contributed by atoms with Gasteiger partial charge in [0, 0.05) is 18.8 Å². The van der Waals surface area contributed by atoms with E-state index in [9.17, 15) is 9.59 Å². The molecule has 1 fully saturated rings. The Labute approximate surface area is 121 Å². The van der Waals surface area contributed by atoms with Crippen LogP contribution in [-0.4, -0.2) is 51.1 Å². The summed E-state index contributed by atoms with van der Waals surface area (Å²) < 4.78 is 0. The van der Waals surface area contributed by atoms with Crippen molar-refractivity contribution in [3.63, 3.8) is 0 Å². The lowest BCUT2D eigenvalue weighted by Crippen LogP contribution is -2.49. The molecule has 6 heteroatoms. The first-order valence-corrected chi connectivity index (χ1v) is 7.75. The second-order valence-corrected chi connectivity index (χ2v) is 6.05. The van der Waals surface area contributed by atoms with E-state index in [4.69, 9.17) is 5.11 Å². The third kappa shape index (κ3) is 2.35. The molecule has 0 bridgehead atoms. The number of hydrogen-bond donors (Lipinski definition) is 1. The fourth-order valence-electron chi connectivity index (χ4n) is 2.68. The Hall–Kier alpha value is -1.69. The Morgan fingerprint density at radius 2 is 2.00 bits per heavy atom. The highest BCUT2D eigenvalue weighted by atomic mass is 32.2. The maximum Gasteiger partial charge on any atom is 0.327 e. The highest BCUT2D eigenvalue weighted by molar-refractivity contribution is 7.99. The summed E-state index contributed by atoms with van der Waals surface area (Å²) in [5.74, 6) is 0.0279. The van der Waals surface area contributed by atoms with E-state index < -0.39 is 12.0 Å². The van der Waals surface area contributed by atoms with Gasteiger partial charge in [0.25, 0.3) is 0 Å². The van der Waals surface area contributed by atoms with Crippen molar-refractivity contribution in [2.45, 2.75) is 19.0 Å². The summed E-state index contributed by atoms with van der Waals surface area (Å²) in [5.41, 5.74) is 2.44. The van der Waals surface area contributed by atoms with Crippen LogP contribution in [0.15, 0.2) is 24.3 Å². The maximum absolute atomic E-state index is 12.5. The summed E-state index contributed by atoms with van der Waals surface area (Å²) in [6.45, 7) is 1.23. The van der Waals surface area contributed by atoms with Gasteiger partial charge in [-0.3, -0.25) is 0 Å². The van der Waals surface area contributed by atoms with E-state index in [0.717, 1.165) is 12.0 Å². The molecule has 0 spiro atoms. The molecule has 2 heterocycles. The van der Waals surface area contributed by atoms with Crippen molar-refractivity contribution in [3.05, 3.63) is 35.4 Å². The van der Waals surface area contributed by atoms with Crippen molar-refractivity contribution in [1.82, 2.24) is 9.80 Å². The van der Waals surface area contributed by atoms with E-state index >= 15 is 0 Å². The lowest BCUT2D eigenvalue weighted by molar-refractivity contribution is -0.140. The monoisotopic (exact) mass is 292 g/mol. The van der Waals surface area contributed by atoms with Crippen LogP contribution in [0.2, 0.25) is 0 Å². The lowest BCUT2D eigenvalue weighted by Gasteiger charge is -2.33. The molecular weight excluding hydrogens is 276 g/mol. The molecule has 2 amide bonds. The minimum absolute atomic E-state index is 0.156. The van der Waals surface area contributed by atoms with Gasteiger partial charge >= 0.3 is 12.0 Å². The number of carbonyl (C=O) groups excluding carboxylic acids is 1. The number of carboxylic acid groups (broad SMARTS) is 1. The topological polar surface area (TPSA) is 60.9 Å². The number of aliphatic carboxylic acids is 1. The Balaban J connectivity index is 1.74. The predicted molar refractivity (Wildman–Crippen MR) is 76.5 cm³/mol. The zero-order valence-electron chi connectivity index (χ0n) is 11.0. The summed E-state index contributed by atoms with van der Waals surface area (Å²) in [7, 11) is 0. The number of carboxylic acids is 1. The van der Waals surface area contributed by atoms with E-state index in [2.05, 4.69) is 6.07 Å². The maximum atomic E-state index is 12.5. The molecule has 2 aliphatic heterocycles. The van der Waals surface area contributed by atoms with Crippen molar-refractivity contribution in [2.24, 2.45) is 0 Å². The number of fused-ring (bicyclic) bond motifs is 1. The molecule has 0 saturated carbocycles. The third-order valence-corrected chi connectivity index (χ3v) is 4.83. The smallest absolute Gasteiger partial charge is 0.327 e. The summed E-state index contributed by atoms with van der Waals surface area (Å²) in [5, 5.41) is 9.16. The van der Waals surface area contributed by atoms with Gasteiger partial charge in [-0.15, -0.1) is 11.8 Å². The summed E-state index contributed by atoms with van der Waals surface area (Å²) in [6, 6.07) is 7.25. The van der Waals surface area contributed by atoms with Gasteiger partial charge in [-0.2, -0.15) is 0 Å². The number of hydrogen-bond acceptors (Lipinski definition) is 3. The van der Waals surface area contributed by atoms with Crippen molar-refractivity contribution in [2.75, 3.05) is 18.2 Å². The van der Waals surface area contributed by atoms with Crippen LogP contribution in [0, 0.1) is 0 Å². The largest absolute Gasteiger partial charge is 0.480 e. The second kappa shape index (κ2) is 5.36. The van der Waals surface area contributed by atoms with E-state index in [1.807, 2.05) is 18.2 Å². The fraction of sp³-hybridized carbons (Fsp3) is 0.429. The molecule has 1 N–H and O–H groups in total. The molecule has 1 unspecified atom stereocenters. The quantitative estimate of drug-likeness (QED) is 0.854. The zero-order valence-corrected chi connectivity index (χ0v) is 11.8. The Morgan fingerprint density at radius 1 is 1.25 bits per heavy atom. The molecular formula is C14H16N2O3S. The third-order valence-electron chi connectivity index (χ3n) is 3.81. The molecule has 0 aromatic heterocycles. The standard InChI is InChI=1S/C14H16N2O3S/c17-13(18)12-8-20-9-16(12)14(19)15-6-5-10-3-1-2-4-11(10)7-15/h1-4,12H,5-9H2,(H,17,18). The van der Waals surface area contributed by atoms with Crippen LogP contribution in [-0.2, 0) is 17.8 Å². The molecule has 1 aromatic rings. The van der Waals surface area contributed by atoms with E-state index in [-0.39, 0.29) is 6.03 Å². The number of thioether (sulfide) groups is 1. The van der Waals surface area contributed by atoms with Crippen molar-refractivity contribution in [1.29, 1.82) is 0 Å². The lowest BCUT2D eigenvalue weighted by atomic mass is 10.0. The van der Waals surface area contributed by atoms with Gasteiger partial charge in [0.2, 0.25) is 0 Å².